The standard InChI is InChI=1S/C28H32F3N5O2/c1-4-35-9-11-36(12-10-35)17-22-8-6-20(13-23(22)28(29,30)31)14-24(37)21-7-5-19(2)25(15-21)38-27-16-26(32-3)33-18-34-27/h5-8,13,15-16,18H,4,9-12,14,17H2,1-3H3,(H,32,33,34). The van der Waals surface area contributed by atoms with Gasteiger partial charge in [0.25, 0.3) is 0 Å². The third kappa shape index (κ3) is 6.87. The number of halogens is 3. The Morgan fingerprint density at radius 3 is 2.45 bits per heavy atom. The van der Waals surface area contributed by atoms with Crippen LogP contribution in [0.4, 0.5) is 19.0 Å². The Kier molecular flexibility index (Phi) is 8.63. The van der Waals surface area contributed by atoms with Crippen LogP contribution in [-0.4, -0.2) is 65.3 Å². The van der Waals surface area contributed by atoms with Crippen LogP contribution in [0.5, 0.6) is 11.6 Å². The van der Waals surface area contributed by atoms with Crippen molar-refractivity contribution in [2.45, 2.75) is 33.0 Å². The van der Waals surface area contributed by atoms with E-state index in [0.717, 1.165) is 44.4 Å². The van der Waals surface area contributed by atoms with Gasteiger partial charge in [-0.3, -0.25) is 9.69 Å². The predicted octanol–water partition coefficient (Wildman–Crippen LogP) is 5.20. The lowest BCUT2D eigenvalue weighted by Crippen LogP contribution is -2.45. The van der Waals surface area contributed by atoms with Crippen molar-refractivity contribution in [3.05, 3.63) is 76.6 Å². The number of carbonyl (C=O) groups is 1. The van der Waals surface area contributed by atoms with Gasteiger partial charge in [0.05, 0.1) is 5.56 Å². The maximum Gasteiger partial charge on any atom is 0.416 e. The molecule has 1 aliphatic rings. The number of nitrogens with one attached hydrogen (secondary N) is 1. The number of hydrogen-bond acceptors (Lipinski definition) is 7. The summed E-state index contributed by atoms with van der Waals surface area (Å²) in [5, 5.41) is 2.90. The fraction of sp³-hybridized carbons (Fsp3) is 0.393. The molecule has 2 heterocycles. The first-order valence-electron chi connectivity index (χ1n) is 12.6. The van der Waals surface area contributed by atoms with E-state index in [1.807, 2.05) is 11.8 Å². The monoisotopic (exact) mass is 527 g/mol. The summed E-state index contributed by atoms with van der Waals surface area (Å²) in [5.74, 6) is 1.02. The molecule has 1 aromatic heterocycles. The average Bonchev–Trinajstić information content (AvgIpc) is 2.90. The number of alkyl halides is 3. The summed E-state index contributed by atoms with van der Waals surface area (Å²) in [7, 11) is 1.72. The number of hydrogen-bond donors (Lipinski definition) is 1. The summed E-state index contributed by atoms with van der Waals surface area (Å²) in [6.07, 6.45) is -3.30. The lowest BCUT2D eigenvalue weighted by Gasteiger charge is -2.34. The fourth-order valence-electron chi connectivity index (χ4n) is 4.46. The van der Waals surface area contributed by atoms with E-state index in [0.29, 0.717) is 28.6 Å². The van der Waals surface area contributed by atoms with Crippen molar-refractivity contribution in [3.8, 4) is 11.6 Å². The normalized spacial score (nSPS) is 14.9. The van der Waals surface area contributed by atoms with Gasteiger partial charge < -0.3 is 15.0 Å². The Labute approximate surface area is 220 Å². The van der Waals surface area contributed by atoms with Gasteiger partial charge in [0.15, 0.2) is 5.78 Å². The molecule has 0 radical (unpaired) electrons. The predicted molar refractivity (Wildman–Crippen MR) is 140 cm³/mol. The molecule has 7 nitrogen and oxygen atoms in total. The molecule has 2 aromatic carbocycles. The molecule has 0 unspecified atom stereocenters. The molecule has 1 aliphatic heterocycles. The fourth-order valence-corrected chi connectivity index (χ4v) is 4.46. The lowest BCUT2D eigenvalue weighted by molar-refractivity contribution is -0.138. The maximum atomic E-state index is 14.0. The van der Waals surface area contributed by atoms with Crippen molar-refractivity contribution in [1.29, 1.82) is 0 Å². The second-order valence-electron chi connectivity index (χ2n) is 9.37. The summed E-state index contributed by atoms with van der Waals surface area (Å²) in [4.78, 5) is 25.5. The van der Waals surface area contributed by atoms with E-state index in [9.17, 15) is 18.0 Å². The molecule has 1 saturated heterocycles. The molecule has 1 fully saturated rings. The molecule has 0 spiro atoms. The summed E-state index contributed by atoms with van der Waals surface area (Å²) < 4.78 is 47.8. The van der Waals surface area contributed by atoms with Gasteiger partial charge in [-0.25, -0.2) is 9.97 Å². The molecule has 10 heteroatoms. The zero-order valence-corrected chi connectivity index (χ0v) is 21.8. The number of carbonyl (C=O) groups excluding carboxylic acids is 1. The second kappa shape index (κ2) is 11.9. The Hall–Kier alpha value is -3.50. The molecule has 202 valence electrons. The number of aryl methyl sites for hydroxylation is 1. The van der Waals surface area contributed by atoms with Gasteiger partial charge in [-0.2, -0.15) is 13.2 Å². The number of Topliss-reactive ketones (excluding diaryl/α,β-unsaturated/α-hetero) is 1. The van der Waals surface area contributed by atoms with Crippen LogP contribution in [0.25, 0.3) is 0 Å². The van der Waals surface area contributed by atoms with Gasteiger partial charge in [-0.1, -0.05) is 31.2 Å². The number of benzene rings is 2. The van der Waals surface area contributed by atoms with Crippen LogP contribution in [0.3, 0.4) is 0 Å². The highest BCUT2D eigenvalue weighted by Gasteiger charge is 2.34. The van der Waals surface area contributed by atoms with Crippen LogP contribution in [0.1, 0.15) is 39.5 Å². The van der Waals surface area contributed by atoms with Crippen molar-refractivity contribution in [2.24, 2.45) is 0 Å². The number of ether oxygens (including phenoxy) is 1. The van der Waals surface area contributed by atoms with Crippen LogP contribution in [0, 0.1) is 6.92 Å². The molecule has 0 saturated carbocycles. The molecule has 0 atom stereocenters. The van der Waals surface area contributed by atoms with E-state index < -0.39 is 11.7 Å². The largest absolute Gasteiger partial charge is 0.439 e. The first kappa shape index (κ1) is 27.5. The summed E-state index contributed by atoms with van der Waals surface area (Å²) in [5.41, 5.74) is 1.00. The van der Waals surface area contributed by atoms with E-state index in [2.05, 4.69) is 27.1 Å². The van der Waals surface area contributed by atoms with Crippen molar-refractivity contribution in [1.82, 2.24) is 19.8 Å². The average molecular weight is 528 g/mol. The molecular weight excluding hydrogens is 495 g/mol. The highest BCUT2D eigenvalue weighted by atomic mass is 19.4. The lowest BCUT2D eigenvalue weighted by atomic mass is 9.97. The Morgan fingerprint density at radius 2 is 1.76 bits per heavy atom. The third-order valence-corrected chi connectivity index (χ3v) is 6.77. The quantitative estimate of drug-likeness (QED) is 0.384. The molecule has 3 aromatic rings. The summed E-state index contributed by atoms with van der Waals surface area (Å²) >= 11 is 0. The molecular formula is C28H32F3N5O2. The number of nitrogens with zero attached hydrogens (tertiary/aromatic N) is 4. The number of anilines is 1. The molecule has 0 bridgehead atoms. The first-order chi connectivity index (χ1) is 18.2. The second-order valence-corrected chi connectivity index (χ2v) is 9.37. The maximum absolute atomic E-state index is 14.0. The molecule has 0 amide bonds. The number of likely N-dealkylation sites (N-methyl/N-ethyl adjacent to an activating group) is 1. The Morgan fingerprint density at radius 1 is 1.03 bits per heavy atom. The number of ketones is 1. The van der Waals surface area contributed by atoms with E-state index in [1.54, 1.807) is 37.4 Å². The summed E-state index contributed by atoms with van der Waals surface area (Å²) in [6, 6.07) is 10.9. The van der Waals surface area contributed by atoms with Gasteiger partial charge in [-0.05, 0) is 42.3 Å². The Bertz CT molecular complexity index is 1270. The van der Waals surface area contributed by atoms with Crippen LogP contribution < -0.4 is 10.1 Å². The molecule has 1 N–H and O–H groups in total. The summed E-state index contributed by atoms with van der Waals surface area (Å²) in [6.45, 7) is 8.25. The van der Waals surface area contributed by atoms with E-state index in [-0.39, 0.29) is 24.3 Å². The SMILES string of the molecule is CCN1CCN(Cc2ccc(CC(=O)c3ccc(C)c(Oc4cc(NC)ncn4)c3)cc2C(F)(F)F)CC1. The van der Waals surface area contributed by atoms with E-state index in [1.165, 1.54) is 12.4 Å². The Balaban J connectivity index is 1.50. The molecule has 0 aliphatic carbocycles. The van der Waals surface area contributed by atoms with Crippen molar-refractivity contribution in [2.75, 3.05) is 45.1 Å². The molecule has 38 heavy (non-hydrogen) atoms. The minimum Gasteiger partial charge on any atom is -0.439 e. The van der Waals surface area contributed by atoms with Gasteiger partial charge in [-0.15, -0.1) is 0 Å². The number of rotatable bonds is 9. The highest BCUT2D eigenvalue weighted by Crippen LogP contribution is 2.34. The minimum atomic E-state index is -4.51. The zero-order chi connectivity index (χ0) is 27.3. The van der Waals surface area contributed by atoms with Gasteiger partial charge in [0.1, 0.15) is 17.9 Å². The smallest absolute Gasteiger partial charge is 0.416 e. The van der Waals surface area contributed by atoms with Crippen LogP contribution in [0.2, 0.25) is 0 Å². The van der Waals surface area contributed by atoms with E-state index >= 15 is 0 Å². The topological polar surface area (TPSA) is 70.6 Å². The zero-order valence-electron chi connectivity index (χ0n) is 21.8. The number of piperazine rings is 1. The first-order valence-corrected chi connectivity index (χ1v) is 12.6. The van der Waals surface area contributed by atoms with Gasteiger partial charge in [0, 0.05) is 57.8 Å². The van der Waals surface area contributed by atoms with E-state index in [4.69, 9.17) is 4.74 Å². The highest BCUT2D eigenvalue weighted by molar-refractivity contribution is 5.98. The third-order valence-electron chi connectivity index (χ3n) is 6.77. The van der Waals surface area contributed by atoms with Crippen LogP contribution >= 0.6 is 0 Å². The van der Waals surface area contributed by atoms with Gasteiger partial charge in [0.2, 0.25) is 5.88 Å². The van der Waals surface area contributed by atoms with Crippen LogP contribution in [-0.2, 0) is 19.1 Å². The number of aromatic nitrogens is 2. The molecule has 4 rings (SSSR count). The minimum absolute atomic E-state index is 0.154. The van der Waals surface area contributed by atoms with Crippen LogP contribution in [0.15, 0.2) is 48.8 Å². The van der Waals surface area contributed by atoms with Crippen molar-refractivity contribution < 1.29 is 22.7 Å². The van der Waals surface area contributed by atoms with Crippen molar-refractivity contribution in [3.63, 3.8) is 0 Å². The van der Waals surface area contributed by atoms with Crippen molar-refractivity contribution >= 4 is 11.6 Å². The van der Waals surface area contributed by atoms with Gasteiger partial charge >= 0.3 is 6.18 Å².